The zero-order valence-corrected chi connectivity index (χ0v) is 9.72. The Labute approximate surface area is 91.6 Å². The van der Waals surface area contributed by atoms with Crippen LogP contribution in [0, 0.1) is 9.39 Å². The van der Waals surface area contributed by atoms with E-state index in [1.807, 2.05) is 22.6 Å². The number of carbonyl (C=O) groups is 1. The monoisotopic (exact) mass is 342 g/mol. The first-order valence-electron chi connectivity index (χ1n) is 3.19. The lowest BCUT2D eigenvalue weighted by Gasteiger charge is -2.00. The van der Waals surface area contributed by atoms with Crippen molar-refractivity contribution in [3.05, 3.63) is 33.1 Å². The van der Waals surface area contributed by atoms with E-state index in [4.69, 9.17) is 0 Å². The van der Waals surface area contributed by atoms with Crippen molar-refractivity contribution in [1.82, 2.24) is 0 Å². The van der Waals surface area contributed by atoms with Crippen molar-refractivity contribution in [2.75, 3.05) is 5.33 Å². The normalized spacial score (nSPS) is 9.92. The van der Waals surface area contributed by atoms with Crippen molar-refractivity contribution >= 4 is 44.3 Å². The Morgan fingerprint density at radius 1 is 1.58 bits per heavy atom. The molecule has 4 heteroatoms. The molecule has 0 fully saturated rings. The molecule has 0 aliphatic heterocycles. The van der Waals surface area contributed by atoms with Gasteiger partial charge < -0.3 is 0 Å². The molecule has 0 spiro atoms. The molecule has 0 saturated carbocycles. The largest absolute Gasteiger partial charge is 0.293 e. The SMILES string of the molecule is O=C(CBr)c1cc(F)ccc1I. The highest BCUT2D eigenvalue weighted by Gasteiger charge is 2.08. The van der Waals surface area contributed by atoms with Crippen LogP contribution in [-0.4, -0.2) is 11.1 Å². The average molecular weight is 343 g/mol. The molecule has 1 rings (SSSR count). The van der Waals surface area contributed by atoms with E-state index < -0.39 is 0 Å². The van der Waals surface area contributed by atoms with Gasteiger partial charge in [0.15, 0.2) is 5.78 Å². The summed E-state index contributed by atoms with van der Waals surface area (Å²) in [5, 5.41) is 0.229. The number of alkyl halides is 1. The Balaban J connectivity index is 3.13. The van der Waals surface area contributed by atoms with Crippen LogP contribution in [0.3, 0.4) is 0 Å². The van der Waals surface area contributed by atoms with Crippen molar-refractivity contribution in [3.63, 3.8) is 0 Å². The van der Waals surface area contributed by atoms with Crippen LogP contribution in [0.5, 0.6) is 0 Å². The van der Waals surface area contributed by atoms with Gasteiger partial charge in [0.1, 0.15) is 5.82 Å². The number of halogens is 3. The summed E-state index contributed by atoms with van der Waals surface area (Å²) in [6.07, 6.45) is 0. The summed E-state index contributed by atoms with van der Waals surface area (Å²) in [4.78, 5) is 11.2. The van der Waals surface area contributed by atoms with Gasteiger partial charge in [0.25, 0.3) is 0 Å². The molecule has 0 N–H and O–H groups in total. The van der Waals surface area contributed by atoms with Gasteiger partial charge in [-0.05, 0) is 40.8 Å². The maximum Gasteiger partial charge on any atom is 0.174 e. The van der Waals surface area contributed by atoms with Crippen LogP contribution >= 0.6 is 38.5 Å². The van der Waals surface area contributed by atoms with E-state index in [2.05, 4.69) is 15.9 Å². The Kier molecular flexibility index (Phi) is 3.64. The fourth-order valence-corrected chi connectivity index (χ4v) is 1.72. The van der Waals surface area contributed by atoms with E-state index in [0.717, 1.165) is 3.57 Å². The van der Waals surface area contributed by atoms with Gasteiger partial charge in [-0.2, -0.15) is 0 Å². The minimum absolute atomic E-state index is 0.0982. The van der Waals surface area contributed by atoms with Crippen LogP contribution in [0.15, 0.2) is 18.2 Å². The highest BCUT2D eigenvalue weighted by atomic mass is 127. The molecule has 0 aliphatic rings. The maximum atomic E-state index is 12.7. The summed E-state index contributed by atoms with van der Waals surface area (Å²) >= 11 is 5.04. The summed E-state index contributed by atoms with van der Waals surface area (Å²) in [6, 6.07) is 4.18. The Morgan fingerprint density at radius 2 is 2.25 bits per heavy atom. The molecule has 0 saturated heterocycles. The quantitative estimate of drug-likeness (QED) is 0.459. The zero-order valence-electron chi connectivity index (χ0n) is 5.98. The van der Waals surface area contributed by atoms with Gasteiger partial charge in [-0.1, -0.05) is 15.9 Å². The van der Waals surface area contributed by atoms with Gasteiger partial charge in [-0.15, -0.1) is 0 Å². The Morgan fingerprint density at radius 3 is 2.83 bits per heavy atom. The minimum atomic E-state index is -0.375. The molecule has 0 amide bonds. The van der Waals surface area contributed by atoms with Gasteiger partial charge >= 0.3 is 0 Å². The number of rotatable bonds is 2. The summed E-state index contributed by atoms with van der Waals surface area (Å²) in [7, 11) is 0. The molecular formula is C8H5BrFIO. The van der Waals surface area contributed by atoms with Crippen LogP contribution in [0.25, 0.3) is 0 Å². The van der Waals surface area contributed by atoms with E-state index in [1.54, 1.807) is 6.07 Å². The van der Waals surface area contributed by atoms with Crippen molar-refractivity contribution in [1.29, 1.82) is 0 Å². The lowest BCUT2D eigenvalue weighted by atomic mass is 10.1. The van der Waals surface area contributed by atoms with Crippen molar-refractivity contribution in [2.24, 2.45) is 0 Å². The second kappa shape index (κ2) is 4.32. The number of benzene rings is 1. The third-order valence-corrected chi connectivity index (χ3v) is 2.80. The highest BCUT2D eigenvalue weighted by Crippen LogP contribution is 2.15. The van der Waals surface area contributed by atoms with Crippen LogP contribution in [0.1, 0.15) is 10.4 Å². The molecule has 1 aromatic rings. The predicted octanol–water partition coefficient (Wildman–Crippen LogP) is 3.01. The number of hydrogen-bond acceptors (Lipinski definition) is 1. The van der Waals surface area contributed by atoms with Crippen LogP contribution in [0.4, 0.5) is 4.39 Å². The van der Waals surface area contributed by atoms with Crippen molar-refractivity contribution in [3.8, 4) is 0 Å². The average Bonchev–Trinajstić information content (AvgIpc) is 2.08. The first kappa shape index (κ1) is 10.1. The lowest BCUT2D eigenvalue weighted by molar-refractivity contribution is 0.102. The third kappa shape index (κ3) is 2.26. The Bertz CT molecular complexity index is 314. The van der Waals surface area contributed by atoms with Crippen LogP contribution < -0.4 is 0 Å². The summed E-state index contributed by atoms with van der Waals surface area (Å²) in [6.45, 7) is 0. The van der Waals surface area contributed by atoms with Gasteiger partial charge in [0.2, 0.25) is 0 Å². The first-order valence-corrected chi connectivity index (χ1v) is 5.39. The zero-order chi connectivity index (χ0) is 9.14. The fourth-order valence-electron chi connectivity index (χ4n) is 0.783. The Hall–Kier alpha value is 0.0300. The van der Waals surface area contributed by atoms with Gasteiger partial charge in [0.05, 0.1) is 5.33 Å². The number of Topliss-reactive ketones (excluding diaryl/α,β-unsaturated/α-hetero) is 1. The molecule has 0 unspecified atom stereocenters. The lowest BCUT2D eigenvalue weighted by Crippen LogP contribution is -2.02. The molecule has 0 aromatic heterocycles. The number of ketones is 1. The van der Waals surface area contributed by atoms with Gasteiger partial charge in [-0.3, -0.25) is 4.79 Å². The van der Waals surface area contributed by atoms with E-state index in [-0.39, 0.29) is 16.9 Å². The molecule has 0 bridgehead atoms. The molecule has 1 nitrogen and oxygen atoms in total. The minimum Gasteiger partial charge on any atom is -0.293 e. The number of hydrogen-bond donors (Lipinski definition) is 0. The van der Waals surface area contributed by atoms with Crippen molar-refractivity contribution in [2.45, 2.75) is 0 Å². The summed E-state index contributed by atoms with van der Waals surface area (Å²) in [5.74, 6) is -0.474. The molecule has 1 aromatic carbocycles. The third-order valence-electron chi connectivity index (χ3n) is 1.35. The molecule has 0 atom stereocenters. The second-order valence-corrected chi connectivity index (χ2v) is 3.90. The molecular weight excluding hydrogens is 338 g/mol. The van der Waals surface area contributed by atoms with Crippen LogP contribution in [0.2, 0.25) is 0 Å². The first-order chi connectivity index (χ1) is 5.65. The standard InChI is InChI=1S/C8H5BrFIO/c9-4-8(12)6-3-5(10)1-2-7(6)11/h1-3H,4H2. The van der Waals surface area contributed by atoms with Crippen molar-refractivity contribution < 1.29 is 9.18 Å². The molecule has 0 radical (unpaired) electrons. The van der Waals surface area contributed by atoms with Gasteiger partial charge in [-0.25, -0.2) is 4.39 Å². The molecule has 64 valence electrons. The summed E-state index contributed by atoms with van der Waals surface area (Å²) in [5.41, 5.74) is 0.437. The second-order valence-electron chi connectivity index (χ2n) is 2.18. The van der Waals surface area contributed by atoms with Gasteiger partial charge in [0, 0.05) is 9.13 Å². The smallest absolute Gasteiger partial charge is 0.174 e. The van der Waals surface area contributed by atoms with E-state index in [9.17, 15) is 9.18 Å². The number of carbonyl (C=O) groups excluding carboxylic acids is 1. The predicted molar refractivity (Wildman–Crippen MR) is 57.2 cm³/mol. The summed E-state index contributed by atoms with van der Waals surface area (Å²) < 4.78 is 13.4. The maximum absolute atomic E-state index is 12.7. The topological polar surface area (TPSA) is 17.1 Å². The fraction of sp³-hybridized carbons (Fsp3) is 0.125. The van der Waals surface area contributed by atoms with E-state index >= 15 is 0 Å². The van der Waals surface area contributed by atoms with Crippen LogP contribution in [-0.2, 0) is 0 Å². The molecule has 12 heavy (non-hydrogen) atoms. The molecule has 0 heterocycles. The van der Waals surface area contributed by atoms with E-state index in [1.165, 1.54) is 12.1 Å². The molecule has 0 aliphatic carbocycles. The highest BCUT2D eigenvalue weighted by molar-refractivity contribution is 14.1. The van der Waals surface area contributed by atoms with E-state index in [0.29, 0.717) is 5.56 Å².